The van der Waals surface area contributed by atoms with Gasteiger partial charge in [-0.2, -0.15) is 13.2 Å². The number of amides is 1. The molecule has 0 N–H and O–H groups in total. The van der Waals surface area contributed by atoms with Gasteiger partial charge in [0.1, 0.15) is 0 Å². The van der Waals surface area contributed by atoms with Gasteiger partial charge in [0.25, 0.3) is 0 Å². The van der Waals surface area contributed by atoms with Crippen LogP contribution in [0.3, 0.4) is 0 Å². The van der Waals surface area contributed by atoms with Crippen LogP contribution in [0.25, 0.3) is 0 Å². The molecule has 0 saturated heterocycles. The zero-order chi connectivity index (χ0) is 19.4. The molecule has 0 aliphatic rings. The van der Waals surface area contributed by atoms with Crippen LogP contribution in [0.1, 0.15) is 57.9 Å². The van der Waals surface area contributed by atoms with Crippen molar-refractivity contribution in [3.05, 3.63) is 48.0 Å². The third-order valence-electron chi connectivity index (χ3n) is 4.32. The zero-order valence-corrected chi connectivity index (χ0v) is 15.8. The quantitative estimate of drug-likeness (QED) is 0.350. The number of carbonyl (C=O) groups is 1. The number of aryl methyl sites for hydroxylation is 1. The molecule has 1 amide bonds. The van der Waals surface area contributed by atoms with Gasteiger partial charge < -0.3 is 4.90 Å². The van der Waals surface area contributed by atoms with E-state index in [1.54, 1.807) is 6.08 Å². The lowest BCUT2D eigenvalue weighted by Crippen LogP contribution is -2.47. The van der Waals surface area contributed by atoms with Crippen molar-refractivity contribution >= 4 is 5.91 Å². The van der Waals surface area contributed by atoms with Crippen LogP contribution < -0.4 is 0 Å². The molecular formula is C21H30F3NO. The first-order valence-corrected chi connectivity index (χ1v) is 9.48. The Kier molecular flexibility index (Phi) is 10.1. The van der Waals surface area contributed by atoms with E-state index >= 15 is 0 Å². The minimum Gasteiger partial charge on any atom is -0.328 e. The molecule has 1 atom stereocenters. The summed E-state index contributed by atoms with van der Waals surface area (Å²) >= 11 is 0. The number of hydrogen-bond acceptors (Lipinski definition) is 1. The number of unbranched alkanes of at least 4 members (excludes halogenated alkanes) is 3. The van der Waals surface area contributed by atoms with Crippen LogP contribution in [-0.2, 0) is 11.2 Å². The van der Waals surface area contributed by atoms with Crippen LogP contribution in [0.2, 0.25) is 0 Å². The molecule has 1 aromatic carbocycles. The summed E-state index contributed by atoms with van der Waals surface area (Å²) in [6.45, 7) is 4.12. The van der Waals surface area contributed by atoms with Crippen LogP contribution in [0, 0.1) is 0 Å². The molecule has 0 fully saturated rings. The van der Waals surface area contributed by atoms with E-state index in [0.29, 0.717) is 19.3 Å². The molecule has 0 unspecified atom stereocenters. The number of allylic oxidation sites excluding steroid dienone is 1. The Morgan fingerprint density at radius 3 is 2.38 bits per heavy atom. The van der Waals surface area contributed by atoms with Crippen molar-refractivity contribution in [2.45, 2.75) is 71.0 Å². The molecule has 0 aromatic heterocycles. The molecule has 26 heavy (non-hydrogen) atoms. The Labute approximate surface area is 155 Å². The number of hydrogen-bond donors (Lipinski definition) is 0. The van der Waals surface area contributed by atoms with E-state index in [0.717, 1.165) is 36.1 Å². The van der Waals surface area contributed by atoms with Gasteiger partial charge in [-0.3, -0.25) is 4.79 Å². The molecule has 0 aliphatic heterocycles. The van der Waals surface area contributed by atoms with Crippen molar-refractivity contribution in [3.63, 3.8) is 0 Å². The lowest BCUT2D eigenvalue weighted by molar-refractivity contribution is -0.187. The van der Waals surface area contributed by atoms with Crippen LogP contribution >= 0.6 is 0 Å². The molecule has 0 aliphatic carbocycles. The van der Waals surface area contributed by atoms with E-state index in [1.165, 1.54) is 0 Å². The normalized spacial score (nSPS) is 13.1. The Morgan fingerprint density at radius 2 is 1.81 bits per heavy atom. The van der Waals surface area contributed by atoms with Gasteiger partial charge in [-0.25, -0.2) is 0 Å². The summed E-state index contributed by atoms with van der Waals surface area (Å²) in [5, 5.41) is 0. The maximum absolute atomic E-state index is 13.1. The number of alkyl halides is 3. The lowest BCUT2D eigenvalue weighted by atomic mass is 10.0. The summed E-state index contributed by atoms with van der Waals surface area (Å²) < 4.78 is 39.3. The summed E-state index contributed by atoms with van der Waals surface area (Å²) in [5.41, 5.74) is 1.06. The van der Waals surface area contributed by atoms with E-state index < -0.39 is 18.1 Å². The second-order valence-electron chi connectivity index (χ2n) is 6.48. The van der Waals surface area contributed by atoms with Gasteiger partial charge >= 0.3 is 12.1 Å². The third-order valence-corrected chi connectivity index (χ3v) is 4.32. The highest BCUT2D eigenvalue weighted by Crippen LogP contribution is 2.23. The van der Waals surface area contributed by atoms with Crippen LogP contribution in [-0.4, -0.2) is 29.6 Å². The van der Waals surface area contributed by atoms with E-state index in [-0.39, 0.29) is 6.54 Å². The minimum absolute atomic E-state index is 0.145. The fourth-order valence-corrected chi connectivity index (χ4v) is 2.90. The van der Waals surface area contributed by atoms with Gasteiger partial charge in [0.15, 0.2) is 0 Å². The van der Waals surface area contributed by atoms with Crippen molar-refractivity contribution in [1.82, 2.24) is 4.90 Å². The van der Waals surface area contributed by atoms with Gasteiger partial charge in [0.2, 0.25) is 0 Å². The Bertz CT molecular complexity index is 540. The first kappa shape index (κ1) is 22.3. The average molecular weight is 369 g/mol. The van der Waals surface area contributed by atoms with E-state index in [4.69, 9.17) is 0 Å². The van der Waals surface area contributed by atoms with Gasteiger partial charge in [-0.15, -0.1) is 0 Å². The zero-order valence-electron chi connectivity index (χ0n) is 15.8. The molecule has 1 aromatic rings. The van der Waals surface area contributed by atoms with Crippen molar-refractivity contribution in [1.29, 1.82) is 0 Å². The maximum atomic E-state index is 13.1. The summed E-state index contributed by atoms with van der Waals surface area (Å²) in [4.78, 5) is 13.0. The fourth-order valence-electron chi connectivity index (χ4n) is 2.90. The summed E-state index contributed by atoms with van der Waals surface area (Å²) in [5.74, 6) is -1.73. The van der Waals surface area contributed by atoms with Gasteiger partial charge in [0.05, 0.1) is 6.04 Å². The number of nitrogens with zero attached hydrogens (tertiary/aromatic N) is 1. The lowest BCUT2D eigenvalue weighted by Gasteiger charge is -2.31. The summed E-state index contributed by atoms with van der Waals surface area (Å²) in [7, 11) is 0. The molecule has 1 rings (SSSR count). The van der Waals surface area contributed by atoms with Gasteiger partial charge in [-0.05, 0) is 31.2 Å². The Hall–Kier alpha value is -1.78. The highest BCUT2D eigenvalue weighted by molar-refractivity contribution is 5.82. The predicted molar refractivity (Wildman–Crippen MR) is 99.9 cm³/mol. The first-order valence-electron chi connectivity index (χ1n) is 9.48. The second-order valence-corrected chi connectivity index (χ2v) is 6.48. The van der Waals surface area contributed by atoms with Crippen molar-refractivity contribution in [2.24, 2.45) is 0 Å². The van der Waals surface area contributed by atoms with Crippen molar-refractivity contribution < 1.29 is 18.0 Å². The fraction of sp³-hybridized carbons (Fsp3) is 0.571. The minimum atomic E-state index is -4.84. The summed E-state index contributed by atoms with van der Waals surface area (Å²) in [6, 6.07) is 9.11. The molecule has 146 valence electrons. The number of carbonyl (C=O) groups excluding carboxylic acids is 1. The molecule has 2 nitrogen and oxygen atoms in total. The number of halogens is 3. The Balaban J connectivity index is 2.90. The largest absolute Gasteiger partial charge is 0.471 e. The van der Waals surface area contributed by atoms with E-state index in [1.807, 2.05) is 50.3 Å². The molecule has 0 bridgehead atoms. The molecule has 0 radical (unpaired) electrons. The highest BCUT2D eigenvalue weighted by atomic mass is 19.4. The van der Waals surface area contributed by atoms with E-state index in [2.05, 4.69) is 0 Å². The molecule has 5 heteroatoms. The van der Waals surface area contributed by atoms with Crippen molar-refractivity contribution in [2.75, 3.05) is 6.54 Å². The molecule has 0 heterocycles. The van der Waals surface area contributed by atoms with Gasteiger partial charge in [-0.1, -0.05) is 75.6 Å². The van der Waals surface area contributed by atoms with Crippen LogP contribution in [0.4, 0.5) is 13.2 Å². The maximum Gasteiger partial charge on any atom is 0.471 e. The highest BCUT2D eigenvalue weighted by Gasteiger charge is 2.43. The second kappa shape index (κ2) is 11.8. The molecular weight excluding hydrogens is 339 g/mol. The smallest absolute Gasteiger partial charge is 0.328 e. The monoisotopic (exact) mass is 369 g/mol. The summed E-state index contributed by atoms with van der Waals surface area (Å²) in [6.07, 6.45) is 4.00. The number of rotatable bonds is 11. The van der Waals surface area contributed by atoms with Crippen LogP contribution in [0.5, 0.6) is 0 Å². The van der Waals surface area contributed by atoms with Gasteiger partial charge in [0, 0.05) is 6.54 Å². The van der Waals surface area contributed by atoms with Crippen LogP contribution in [0.15, 0.2) is 42.5 Å². The first-order chi connectivity index (χ1) is 12.4. The topological polar surface area (TPSA) is 20.3 Å². The Morgan fingerprint density at radius 1 is 1.12 bits per heavy atom. The number of benzene rings is 1. The molecule has 0 spiro atoms. The SMILES string of the molecule is CC/C=C/[C@@H](CCc1ccccc1)N(CCCCCC)C(=O)C(F)(F)F. The third kappa shape index (κ3) is 8.07. The van der Waals surface area contributed by atoms with Crippen molar-refractivity contribution in [3.8, 4) is 0 Å². The standard InChI is InChI=1S/C21H30F3NO/c1-3-5-7-11-17-25(20(26)21(22,23)24)19(14-6-4-2)16-15-18-12-9-8-10-13-18/h6,8-10,12-14,19H,3-5,7,11,15-17H2,1-2H3/b14-6+/t19-/m0/s1. The average Bonchev–Trinajstić information content (AvgIpc) is 2.62. The van der Waals surface area contributed by atoms with E-state index in [9.17, 15) is 18.0 Å². The predicted octanol–water partition coefficient (Wildman–Crippen LogP) is 5.93. The molecule has 0 saturated carbocycles.